The van der Waals surface area contributed by atoms with Gasteiger partial charge in [-0.25, -0.2) is 4.79 Å². The molecule has 2 heterocycles. The molecule has 0 radical (unpaired) electrons. The SMILES string of the molecule is CC(C)COC(=O)C1CSC(c2ccccc2)N1C(=O)c1ccc2c(c1)OCO2. The van der Waals surface area contributed by atoms with Crippen molar-refractivity contribution in [3.63, 3.8) is 0 Å². The van der Waals surface area contributed by atoms with E-state index in [2.05, 4.69) is 0 Å². The first-order valence-corrected chi connectivity index (χ1v) is 10.6. The number of carbonyl (C=O) groups excluding carboxylic acids is 2. The summed E-state index contributed by atoms with van der Waals surface area (Å²) in [5, 5.41) is -0.259. The quantitative estimate of drug-likeness (QED) is 0.694. The topological polar surface area (TPSA) is 65.1 Å². The summed E-state index contributed by atoms with van der Waals surface area (Å²) in [5.41, 5.74) is 1.44. The Morgan fingerprint density at radius 2 is 1.90 bits per heavy atom. The standard InChI is InChI=1S/C22H23NO5S/c1-14(2)11-26-22(25)17-12-29-21(15-6-4-3-5-7-15)23(17)20(24)16-8-9-18-19(10-16)28-13-27-18/h3-10,14,17,21H,11-13H2,1-2H3. The minimum absolute atomic E-state index is 0.142. The molecule has 4 rings (SSSR count). The van der Waals surface area contributed by atoms with E-state index < -0.39 is 6.04 Å². The Kier molecular flexibility index (Phi) is 5.67. The first-order valence-electron chi connectivity index (χ1n) is 9.60. The van der Waals surface area contributed by atoms with Gasteiger partial charge in [0.25, 0.3) is 5.91 Å². The Bertz CT molecular complexity index is 901. The summed E-state index contributed by atoms with van der Waals surface area (Å²) in [6.45, 7) is 4.45. The van der Waals surface area contributed by atoms with Crippen molar-refractivity contribution < 1.29 is 23.8 Å². The molecule has 0 N–H and O–H groups in total. The lowest BCUT2D eigenvalue weighted by atomic mass is 10.1. The van der Waals surface area contributed by atoms with Crippen LogP contribution in [0.25, 0.3) is 0 Å². The van der Waals surface area contributed by atoms with E-state index in [-0.39, 0.29) is 30.0 Å². The summed E-state index contributed by atoms with van der Waals surface area (Å²) in [6.07, 6.45) is 0. The van der Waals surface area contributed by atoms with E-state index >= 15 is 0 Å². The van der Waals surface area contributed by atoms with E-state index in [1.54, 1.807) is 34.9 Å². The molecule has 0 saturated carbocycles. The summed E-state index contributed by atoms with van der Waals surface area (Å²) in [5.74, 6) is 1.29. The number of thioether (sulfide) groups is 1. The Morgan fingerprint density at radius 3 is 2.66 bits per heavy atom. The van der Waals surface area contributed by atoms with Crippen LogP contribution in [0.5, 0.6) is 11.5 Å². The number of esters is 1. The lowest BCUT2D eigenvalue weighted by molar-refractivity contribution is -0.149. The highest BCUT2D eigenvalue weighted by molar-refractivity contribution is 7.99. The predicted octanol–water partition coefficient (Wildman–Crippen LogP) is 3.87. The van der Waals surface area contributed by atoms with Crippen LogP contribution < -0.4 is 9.47 Å². The molecule has 2 aliphatic rings. The van der Waals surface area contributed by atoms with E-state index in [1.165, 1.54) is 0 Å². The Hall–Kier alpha value is -2.67. The molecule has 2 unspecified atom stereocenters. The van der Waals surface area contributed by atoms with Crippen LogP contribution in [-0.2, 0) is 9.53 Å². The van der Waals surface area contributed by atoms with Crippen molar-refractivity contribution >= 4 is 23.6 Å². The van der Waals surface area contributed by atoms with Gasteiger partial charge in [-0.3, -0.25) is 4.79 Å². The van der Waals surface area contributed by atoms with Crippen LogP contribution >= 0.6 is 11.8 Å². The predicted molar refractivity (Wildman–Crippen MR) is 110 cm³/mol. The average Bonchev–Trinajstić information content (AvgIpc) is 3.38. The molecule has 0 bridgehead atoms. The highest BCUT2D eigenvalue weighted by atomic mass is 32.2. The second-order valence-electron chi connectivity index (χ2n) is 7.42. The van der Waals surface area contributed by atoms with Crippen molar-refractivity contribution in [3.8, 4) is 11.5 Å². The van der Waals surface area contributed by atoms with Crippen molar-refractivity contribution in [1.29, 1.82) is 0 Å². The summed E-state index contributed by atoms with van der Waals surface area (Å²) >= 11 is 1.57. The molecule has 2 aromatic rings. The van der Waals surface area contributed by atoms with Gasteiger partial charge >= 0.3 is 5.97 Å². The van der Waals surface area contributed by atoms with Gasteiger partial charge in [-0.1, -0.05) is 44.2 Å². The molecule has 0 aliphatic carbocycles. The summed E-state index contributed by atoms with van der Waals surface area (Å²) in [4.78, 5) is 27.9. The second kappa shape index (κ2) is 8.37. The van der Waals surface area contributed by atoms with Crippen molar-refractivity contribution in [3.05, 3.63) is 59.7 Å². The monoisotopic (exact) mass is 413 g/mol. The number of fused-ring (bicyclic) bond motifs is 1. The van der Waals surface area contributed by atoms with Crippen LogP contribution in [0, 0.1) is 5.92 Å². The van der Waals surface area contributed by atoms with Gasteiger partial charge in [-0.15, -0.1) is 11.8 Å². The van der Waals surface area contributed by atoms with Crippen LogP contribution in [0.3, 0.4) is 0 Å². The maximum absolute atomic E-state index is 13.5. The Morgan fingerprint density at radius 1 is 1.14 bits per heavy atom. The van der Waals surface area contributed by atoms with Gasteiger partial charge in [0.2, 0.25) is 6.79 Å². The third-order valence-electron chi connectivity index (χ3n) is 4.77. The fourth-order valence-corrected chi connectivity index (χ4v) is 4.75. The maximum atomic E-state index is 13.5. The van der Waals surface area contributed by atoms with Gasteiger partial charge in [0.15, 0.2) is 11.5 Å². The number of amides is 1. The molecule has 2 aromatic carbocycles. The number of carbonyl (C=O) groups is 2. The summed E-state index contributed by atoms with van der Waals surface area (Å²) in [7, 11) is 0. The van der Waals surface area contributed by atoms with Gasteiger partial charge in [0, 0.05) is 11.3 Å². The number of rotatable bonds is 5. The molecular weight excluding hydrogens is 390 g/mol. The van der Waals surface area contributed by atoms with Crippen LogP contribution in [0.4, 0.5) is 0 Å². The number of hydrogen-bond acceptors (Lipinski definition) is 6. The fourth-order valence-electron chi connectivity index (χ4n) is 3.33. The molecule has 2 aliphatic heterocycles. The molecule has 1 fully saturated rings. The van der Waals surface area contributed by atoms with E-state index in [0.717, 1.165) is 5.56 Å². The number of benzene rings is 2. The lowest BCUT2D eigenvalue weighted by Gasteiger charge is -2.29. The number of ether oxygens (including phenoxy) is 3. The molecular formula is C22H23NO5S. The summed E-state index contributed by atoms with van der Waals surface area (Å²) < 4.78 is 16.2. The fraction of sp³-hybridized carbons (Fsp3) is 0.364. The highest BCUT2D eigenvalue weighted by Gasteiger charge is 2.43. The minimum Gasteiger partial charge on any atom is -0.464 e. The average molecular weight is 413 g/mol. The molecule has 0 aromatic heterocycles. The van der Waals surface area contributed by atoms with Crippen molar-refractivity contribution in [1.82, 2.24) is 4.90 Å². The van der Waals surface area contributed by atoms with Gasteiger partial charge in [0.1, 0.15) is 11.4 Å². The largest absolute Gasteiger partial charge is 0.464 e. The molecule has 152 valence electrons. The van der Waals surface area contributed by atoms with Crippen LogP contribution in [0.2, 0.25) is 0 Å². The third-order valence-corrected chi connectivity index (χ3v) is 6.09. The van der Waals surface area contributed by atoms with Crippen molar-refractivity contribution in [2.24, 2.45) is 5.92 Å². The van der Waals surface area contributed by atoms with Gasteiger partial charge in [0.05, 0.1) is 6.61 Å². The smallest absolute Gasteiger partial charge is 0.329 e. The molecule has 1 saturated heterocycles. The van der Waals surface area contributed by atoms with Crippen LogP contribution in [0.15, 0.2) is 48.5 Å². The molecule has 6 nitrogen and oxygen atoms in total. The maximum Gasteiger partial charge on any atom is 0.329 e. The van der Waals surface area contributed by atoms with E-state index in [9.17, 15) is 9.59 Å². The van der Waals surface area contributed by atoms with Gasteiger partial charge in [-0.2, -0.15) is 0 Å². The van der Waals surface area contributed by atoms with E-state index in [4.69, 9.17) is 14.2 Å². The molecule has 2 atom stereocenters. The Balaban J connectivity index is 1.64. The summed E-state index contributed by atoms with van der Waals surface area (Å²) in [6, 6.07) is 14.2. The number of hydrogen-bond donors (Lipinski definition) is 0. The zero-order chi connectivity index (χ0) is 20.4. The zero-order valence-corrected chi connectivity index (χ0v) is 17.2. The first-order chi connectivity index (χ1) is 14.0. The molecule has 29 heavy (non-hydrogen) atoms. The molecule has 1 amide bonds. The van der Waals surface area contributed by atoms with Crippen molar-refractivity contribution in [2.75, 3.05) is 19.2 Å². The lowest BCUT2D eigenvalue weighted by Crippen LogP contribution is -2.44. The third kappa shape index (κ3) is 4.05. The highest BCUT2D eigenvalue weighted by Crippen LogP contribution is 2.43. The molecule has 0 spiro atoms. The van der Waals surface area contributed by atoms with Crippen LogP contribution in [-0.4, -0.2) is 42.0 Å². The van der Waals surface area contributed by atoms with Crippen LogP contribution in [0.1, 0.15) is 35.1 Å². The van der Waals surface area contributed by atoms with E-state index in [0.29, 0.717) is 29.4 Å². The first kappa shape index (κ1) is 19.6. The van der Waals surface area contributed by atoms with E-state index in [1.807, 2.05) is 44.2 Å². The van der Waals surface area contributed by atoms with Gasteiger partial charge in [-0.05, 0) is 29.7 Å². The normalized spacial score (nSPS) is 20.2. The molecule has 7 heteroatoms. The van der Waals surface area contributed by atoms with Crippen molar-refractivity contribution in [2.45, 2.75) is 25.3 Å². The minimum atomic E-state index is -0.637. The number of nitrogens with zero attached hydrogens (tertiary/aromatic N) is 1. The van der Waals surface area contributed by atoms with Gasteiger partial charge < -0.3 is 19.1 Å². The Labute approximate surface area is 174 Å². The second-order valence-corrected chi connectivity index (χ2v) is 8.53. The zero-order valence-electron chi connectivity index (χ0n) is 16.4.